The predicted octanol–water partition coefficient (Wildman–Crippen LogP) is 1.89. The van der Waals surface area contributed by atoms with Crippen molar-refractivity contribution < 1.29 is 14.9 Å². The fraction of sp³-hybridized carbons (Fsp3) is 0.500. The van der Waals surface area contributed by atoms with Gasteiger partial charge in [0, 0.05) is 31.3 Å². The Bertz CT molecular complexity index is 428. The van der Waals surface area contributed by atoms with Crippen molar-refractivity contribution >= 4 is 23.2 Å². The summed E-state index contributed by atoms with van der Waals surface area (Å²) in [5.41, 5.74) is 0.725. The van der Waals surface area contributed by atoms with E-state index in [0.717, 1.165) is 12.1 Å². The predicted molar refractivity (Wildman–Crippen MR) is 70.2 cm³/mol. The lowest BCUT2D eigenvalue weighted by atomic mass is 10.1. The van der Waals surface area contributed by atoms with E-state index in [1.54, 1.807) is 6.07 Å². The van der Waals surface area contributed by atoms with Crippen LogP contribution >= 0.6 is 23.2 Å². The molecule has 100 valence electrons. The van der Waals surface area contributed by atoms with Crippen LogP contribution in [0.2, 0.25) is 10.0 Å². The molecule has 0 bridgehead atoms. The molecule has 6 heteroatoms. The largest absolute Gasteiger partial charge is 0.508 e. The number of morpholine rings is 1. The van der Waals surface area contributed by atoms with Gasteiger partial charge in [0.15, 0.2) is 0 Å². The molecule has 0 aliphatic carbocycles. The van der Waals surface area contributed by atoms with Crippen molar-refractivity contribution in [3.63, 3.8) is 0 Å². The van der Waals surface area contributed by atoms with Crippen LogP contribution in [0.1, 0.15) is 5.56 Å². The van der Waals surface area contributed by atoms with E-state index in [0.29, 0.717) is 29.7 Å². The first-order valence-electron chi connectivity index (χ1n) is 5.72. The summed E-state index contributed by atoms with van der Waals surface area (Å²) in [5, 5.41) is 19.7. The second kappa shape index (κ2) is 6.08. The quantitative estimate of drug-likeness (QED) is 0.893. The third-order valence-corrected chi connectivity index (χ3v) is 3.66. The minimum atomic E-state index is -0.163. The summed E-state index contributed by atoms with van der Waals surface area (Å²) >= 11 is 11.7. The summed E-state index contributed by atoms with van der Waals surface area (Å²) in [6, 6.07) is 3.12. The van der Waals surface area contributed by atoms with Crippen LogP contribution in [-0.2, 0) is 11.3 Å². The molecule has 1 atom stereocenters. The maximum Gasteiger partial charge on any atom is 0.121 e. The average molecular weight is 292 g/mol. The number of ether oxygens (including phenoxy) is 1. The van der Waals surface area contributed by atoms with Crippen LogP contribution in [0, 0.1) is 0 Å². The molecule has 4 nitrogen and oxygen atoms in total. The molecule has 1 fully saturated rings. The van der Waals surface area contributed by atoms with E-state index in [2.05, 4.69) is 4.90 Å². The van der Waals surface area contributed by atoms with Gasteiger partial charge in [0.25, 0.3) is 0 Å². The molecular formula is C12H15Cl2NO3. The van der Waals surface area contributed by atoms with Gasteiger partial charge in [-0.25, -0.2) is 0 Å². The van der Waals surface area contributed by atoms with Gasteiger partial charge in [0.2, 0.25) is 0 Å². The van der Waals surface area contributed by atoms with Crippen molar-refractivity contribution in [2.24, 2.45) is 0 Å². The molecule has 2 rings (SSSR count). The summed E-state index contributed by atoms with van der Waals surface area (Å²) in [5.74, 6) is 0.136. The van der Waals surface area contributed by atoms with Crippen molar-refractivity contribution in [3.05, 3.63) is 27.7 Å². The summed E-state index contributed by atoms with van der Waals surface area (Å²) in [6.07, 6.45) is -0.163. The van der Waals surface area contributed by atoms with Gasteiger partial charge in [-0.05, 0) is 6.07 Å². The second-order valence-corrected chi connectivity index (χ2v) is 5.12. The van der Waals surface area contributed by atoms with E-state index in [1.165, 1.54) is 6.07 Å². The number of rotatable bonds is 3. The molecule has 0 saturated carbocycles. The van der Waals surface area contributed by atoms with Gasteiger partial charge in [0.1, 0.15) is 5.75 Å². The molecule has 1 aliphatic heterocycles. The van der Waals surface area contributed by atoms with E-state index in [1.807, 2.05) is 0 Å². The molecule has 2 N–H and O–H groups in total. The Morgan fingerprint density at radius 3 is 2.78 bits per heavy atom. The first-order chi connectivity index (χ1) is 8.60. The third-order valence-electron chi connectivity index (χ3n) is 2.94. The molecule has 0 aromatic heterocycles. The first-order valence-corrected chi connectivity index (χ1v) is 6.47. The van der Waals surface area contributed by atoms with Gasteiger partial charge in [-0.15, -0.1) is 0 Å². The molecule has 18 heavy (non-hydrogen) atoms. The topological polar surface area (TPSA) is 52.9 Å². The zero-order valence-corrected chi connectivity index (χ0v) is 11.3. The van der Waals surface area contributed by atoms with Gasteiger partial charge < -0.3 is 14.9 Å². The van der Waals surface area contributed by atoms with Crippen molar-refractivity contribution in [2.45, 2.75) is 12.6 Å². The lowest BCUT2D eigenvalue weighted by Crippen LogP contribution is -2.43. The number of aliphatic hydroxyl groups is 1. The van der Waals surface area contributed by atoms with E-state index in [4.69, 9.17) is 33.0 Å². The number of aromatic hydroxyl groups is 1. The second-order valence-electron chi connectivity index (χ2n) is 4.31. The van der Waals surface area contributed by atoms with Crippen LogP contribution in [0.25, 0.3) is 0 Å². The Hall–Kier alpha value is -0.520. The van der Waals surface area contributed by atoms with E-state index >= 15 is 0 Å². The number of halogens is 2. The van der Waals surface area contributed by atoms with Crippen molar-refractivity contribution in [3.8, 4) is 5.75 Å². The minimum Gasteiger partial charge on any atom is -0.508 e. The average Bonchev–Trinajstić information content (AvgIpc) is 2.36. The normalized spacial score (nSPS) is 21.2. The molecule has 1 heterocycles. The lowest BCUT2D eigenvalue weighted by molar-refractivity contribution is -0.0552. The maximum atomic E-state index is 9.82. The molecule has 0 spiro atoms. The van der Waals surface area contributed by atoms with Gasteiger partial charge in [-0.2, -0.15) is 0 Å². The Morgan fingerprint density at radius 1 is 1.33 bits per heavy atom. The monoisotopic (exact) mass is 291 g/mol. The van der Waals surface area contributed by atoms with Crippen molar-refractivity contribution in [1.29, 1.82) is 0 Å². The van der Waals surface area contributed by atoms with Crippen LogP contribution in [0.4, 0.5) is 0 Å². The van der Waals surface area contributed by atoms with Crippen molar-refractivity contribution in [2.75, 3.05) is 26.3 Å². The number of aliphatic hydroxyl groups excluding tert-OH is 1. The summed E-state index contributed by atoms with van der Waals surface area (Å²) < 4.78 is 5.37. The highest BCUT2D eigenvalue weighted by Crippen LogP contribution is 2.30. The van der Waals surface area contributed by atoms with Crippen molar-refractivity contribution in [1.82, 2.24) is 4.90 Å². The Kier molecular flexibility index (Phi) is 4.70. The smallest absolute Gasteiger partial charge is 0.121 e. The number of nitrogens with zero attached hydrogens (tertiary/aromatic N) is 1. The van der Waals surface area contributed by atoms with E-state index in [-0.39, 0.29) is 18.5 Å². The number of phenols is 1. The molecule has 1 unspecified atom stereocenters. The first kappa shape index (κ1) is 13.9. The number of benzene rings is 1. The zero-order valence-electron chi connectivity index (χ0n) is 9.77. The fourth-order valence-corrected chi connectivity index (χ4v) is 2.32. The van der Waals surface area contributed by atoms with Gasteiger partial charge in [-0.1, -0.05) is 23.2 Å². The molecule has 1 aliphatic rings. The molecule has 1 saturated heterocycles. The standard InChI is InChI=1S/C12H15Cl2NO3/c13-10-3-8(12(17)4-11(10)14)5-15-1-2-18-9(6-15)7-16/h3-4,9,16-17H,1-2,5-7H2. The number of phenolic OH excluding ortho intramolecular Hbond substituents is 1. The lowest BCUT2D eigenvalue weighted by Gasteiger charge is -2.32. The minimum absolute atomic E-state index is 0.00383. The number of hydrogen-bond donors (Lipinski definition) is 2. The summed E-state index contributed by atoms with van der Waals surface area (Å²) in [4.78, 5) is 2.10. The van der Waals surface area contributed by atoms with Crippen LogP contribution in [0.15, 0.2) is 12.1 Å². The van der Waals surface area contributed by atoms with E-state index < -0.39 is 0 Å². The zero-order chi connectivity index (χ0) is 13.1. The maximum absolute atomic E-state index is 9.82. The molecule has 0 amide bonds. The SMILES string of the molecule is OCC1CN(Cc2cc(Cl)c(Cl)cc2O)CCO1. The highest BCUT2D eigenvalue weighted by atomic mass is 35.5. The van der Waals surface area contributed by atoms with Gasteiger partial charge >= 0.3 is 0 Å². The Morgan fingerprint density at radius 2 is 2.06 bits per heavy atom. The van der Waals surface area contributed by atoms with Crippen LogP contribution in [0.5, 0.6) is 5.75 Å². The third kappa shape index (κ3) is 3.28. The highest BCUT2D eigenvalue weighted by molar-refractivity contribution is 6.42. The fourth-order valence-electron chi connectivity index (χ4n) is 1.98. The van der Waals surface area contributed by atoms with Crippen LogP contribution in [0.3, 0.4) is 0 Å². The van der Waals surface area contributed by atoms with E-state index in [9.17, 15) is 5.11 Å². The summed E-state index contributed by atoms with van der Waals surface area (Å²) in [6.45, 7) is 2.53. The van der Waals surface area contributed by atoms with Crippen LogP contribution in [-0.4, -0.2) is 47.5 Å². The number of hydrogen-bond acceptors (Lipinski definition) is 4. The summed E-state index contributed by atoms with van der Waals surface area (Å²) in [7, 11) is 0. The highest BCUT2D eigenvalue weighted by Gasteiger charge is 2.20. The molecule has 1 aromatic rings. The Balaban J connectivity index is 2.07. The molecule has 0 radical (unpaired) electrons. The molecule has 1 aromatic carbocycles. The molecular weight excluding hydrogens is 277 g/mol. The van der Waals surface area contributed by atoms with Gasteiger partial charge in [-0.3, -0.25) is 4.90 Å². The van der Waals surface area contributed by atoms with Gasteiger partial charge in [0.05, 0.1) is 29.4 Å². The van der Waals surface area contributed by atoms with Crippen LogP contribution < -0.4 is 0 Å². The Labute approximate surface area is 116 Å².